The lowest BCUT2D eigenvalue weighted by Crippen LogP contribution is -1.76. The molecule has 0 heterocycles. The molecule has 2 aromatic rings. The molecule has 0 aromatic heterocycles. The number of benzene rings is 2. The van der Waals surface area contributed by atoms with Gasteiger partial charge in [-0.3, -0.25) is 0 Å². The van der Waals surface area contributed by atoms with Gasteiger partial charge in [-0.25, -0.2) is 4.39 Å². The van der Waals surface area contributed by atoms with E-state index in [1.807, 2.05) is 48.6 Å². The van der Waals surface area contributed by atoms with Gasteiger partial charge >= 0.3 is 0 Å². The third-order valence-corrected chi connectivity index (χ3v) is 2.06. The minimum absolute atomic E-state index is 0.329. The van der Waals surface area contributed by atoms with Gasteiger partial charge < -0.3 is 0 Å². The Labute approximate surface area is 88.7 Å². The lowest BCUT2D eigenvalue weighted by molar-refractivity contribution is 0.625. The highest BCUT2D eigenvalue weighted by molar-refractivity contribution is 5.69. The molecular formula is C14H10F. The Balaban J connectivity index is 2.19. The van der Waals surface area contributed by atoms with Gasteiger partial charge in [0.1, 0.15) is 5.82 Å². The molecule has 0 unspecified atom stereocenters. The van der Waals surface area contributed by atoms with Gasteiger partial charge in [-0.15, -0.1) is 0 Å². The van der Waals surface area contributed by atoms with E-state index in [4.69, 9.17) is 0 Å². The molecule has 0 aliphatic carbocycles. The van der Waals surface area contributed by atoms with E-state index in [9.17, 15) is 4.39 Å². The number of hydrogen-bond acceptors (Lipinski definition) is 0. The molecule has 0 saturated carbocycles. The van der Waals surface area contributed by atoms with Crippen molar-refractivity contribution >= 4 is 12.2 Å². The average molecular weight is 197 g/mol. The lowest BCUT2D eigenvalue weighted by atomic mass is 10.1. The van der Waals surface area contributed by atoms with Gasteiger partial charge in [0.05, 0.1) is 0 Å². The van der Waals surface area contributed by atoms with Crippen LogP contribution >= 0.6 is 0 Å². The molecule has 0 amide bonds. The highest BCUT2D eigenvalue weighted by Gasteiger charge is 1.90. The fourth-order valence-electron chi connectivity index (χ4n) is 1.31. The third kappa shape index (κ3) is 2.78. The second-order valence-corrected chi connectivity index (χ2v) is 3.21. The maximum Gasteiger partial charge on any atom is 0.131 e. The molecule has 0 N–H and O–H groups in total. The van der Waals surface area contributed by atoms with Crippen molar-refractivity contribution in [2.45, 2.75) is 0 Å². The van der Waals surface area contributed by atoms with Crippen LogP contribution in [0.4, 0.5) is 4.39 Å². The van der Waals surface area contributed by atoms with E-state index in [2.05, 4.69) is 6.07 Å². The second-order valence-electron chi connectivity index (χ2n) is 3.21. The SMILES string of the molecule is Fc1[c]ccc(/C=C\c2ccccc2)c1. The van der Waals surface area contributed by atoms with Crippen molar-refractivity contribution in [2.75, 3.05) is 0 Å². The molecule has 0 spiro atoms. The zero-order chi connectivity index (χ0) is 10.5. The summed E-state index contributed by atoms with van der Waals surface area (Å²) >= 11 is 0. The summed E-state index contributed by atoms with van der Waals surface area (Å²) in [4.78, 5) is 0. The van der Waals surface area contributed by atoms with E-state index in [0.717, 1.165) is 11.1 Å². The van der Waals surface area contributed by atoms with Crippen molar-refractivity contribution in [2.24, 2.45) is 0 Å². The first-order valence-electron chi connectivity index (χ1n) is 4.75. The van der Waals surface area contributed by atoms with Gasteiger partial charge in [-0.1, -0.05) is 54.6 Å². The summed E-state index contributed by atoms with van der Waals surface area (Å²) in [6.45, 7) is 0. The van der Waals surface area contributed by atoms with Crippen LogP contribution in [-0.4, -0.2) is 0 Å². The van der Waals surface area contributed by atoms with E-state index in [-0.39, 0.29) is 5.82 Å². The summed E-state index contributed by atoms with van der Waals surface area (Å²) in [6.07, 6.45) is 3.83. The molecular weight excluding hydrogens is 187 g/mol. The van der Waals surface area contributed by atoms with E-state index in [1.165, 1.54) is 6.07 Å². The standard InChI is InChI=1S/C14H10F/c15-14-8-4-7-13(11-14)10-9-12-5-2-1-3-6-12/h1-7,9-11H/b10-9-. The maximum atomic E-state index is 12.8. The first-order chi connectivity index (χ1) is 7.34. The largest absolute Gasteiger partial charge is 0.206 e. The van der Waals surface area contributed by atoms with Gasteiger partial charge in [0.25, 0.3) is 0 Å². The molecule has 0 atom stereocenters. The van der Waals surface area contributed by atoms with Crippen LogP contribution in [0, 0.1) is 11.9 Å². The lowest BCUT2D eigenvalue weighted by Gasteiger charge is -1.93. The second kappa shape index (κ2) is 4.56. The van der Waals surface area contributed by atoms with Crippen molar-refractivity contribution in [1.29, 1.82) is 0 Å². The Bertz CT molecular complexity index is 458. The highest BCUT2D eigenvalue weighted by atomic mass is 19.1. The predicted molar refractivity (Wildman–Crippen MR) is 60.6 cm³/mol. The minimum atomic E-state index is -0.329. The summed E-state index contributed by atoms with van der Waals surface area (Å²) in [6, 6.07) is 17.2. The van der Waals surface area contributed by atoms with Gasteiger partial charge in [-0.2, -0.15) is 0 Å². The van der Waals surface area contributed by atoms with Crippen molar-refractivity contribution in [1.82, 2.24) is 0 Å². The number of hydrogen-bond donors (Lipinski definition) is 0. The summed E-state index contributed by atoms with van der Waals surface area (Å²) in [5, 5.41) is 0. The van der Waals surface area contributed by atoms with E-state index < -0.39 is 0 Å². The molecule has 0 nitrogen and oxygen atoms in total. The van der Waals surface area contributed by atoms with Crippen LogP contribution in [-0.2, 0) is 0 Å². The third-order valence-electron chi connectivity index (χ3n) is 2.06. The van der Waals surface area contributed by atoms with E-state index in [0.29, 0.717) is 0 Å². The fraction of sp³-hybridized carbons (Fsp3) is 0. The molecule has 0 aliphatic heterocycles. The number of halogens is 1. The number of rotatable bonds is 2. The van der Waals surface area contributed by atoms with Crippen LogP contribution in [0.25, 0.3) is 12.2 Å². The Morgan fingerprint density at radius 2 is 1.67 bits per heavy atom. The highest BCUT2D eigenvalue weighted by Crippen LogP contribution is 2.08. The fourth-order valence-corrected chi connectivity index (χ4v) is 1.31. The molecule has 0 fully saturated rings. The molecule has 73 valence electrons. The zero-order valence-corrected chi connectivity index (χ0v) is 8.15. The quantitative estimate of drug-likeness (QED) is 0.642. The molecule has 15 heavy (non-hydrogen) atoms. The normalized spacial score (nSPS) is 10.7. The van der Waals surface area contributed by atoms with E-state index in [1.54, 1.807) is 6.07 Å². The molecule has 0 bridgehead atoms. The average Bonchev–Trinajstić information content (AvgIpc) is 2.28. The summed E-state index contributed by atoms with van der Waals surface area (Å²) in [5.74, 6) is -0.329. The van der Waals surface area contributed by atoms with E-state index >= 15 is 0 Å². The molecule has 2 rings (SSSR count). The Morgan fingerprint density at radius 3 is 2.40 bits per heavy atom. The summed E-state index contributed by atoms with van der Waals surface area (Å²) in [5.41, 5.74) is 1.95. The first-order valence-corrected chi connectivity index (χ1v) is 4.75. The van der Waals surface area contributed by atoms with Gasteiger partial charge in [0.15, 0.2) is 0 Å². The van der Waals surface area contributed by atoms with Gasteiger partial charge in [-0.05, 0) is 17.2 Å². The summed E-state index contributed by atoms with van der Waals surface area (Å²) < 4.78 is 12.8. The monoisotopic (exact) mass is 197 g/mol. The molecule has 1 heteroatoms. The van der Waals surface area contributed by atoms with Gasteiger partial charge in [0, 0.05) is 6.07 Å². The van der Waals surface area contributed by atoms with Crippen LogP contribution in [0.5, 0.6) is 0 Å². The zero-order valence-electron chi connectivity index (χ0n) is 8.15. The Kier molecular flexibility index (Phi) is 2.93. The first kappa shape index (κ1) is 9.66. The molecule has 0 aliphatic rings. The molecule has 1 radical (unpaired) electrons. The molecule has 2 aromatic carbocycles. The molecule has 0 saturated heterocycles. The van der Waals surface area contributed by atoms with Crippen LogP contribution < -0.4 is 0 Å². The minimum Gasteiger partial charge on any atom is -0.206 e. The van der Waals surface area contributed by atoms with Crippen molar-refractivity contribution in [3.8, 4) is 0 Å². The Morgan fingerprint density at radius 1 is 0.933 bits per heavy atom. The van der Waals surface area contributed by atoms with Crippen molar-refractivity contribution in [3.05, 3.63) is 71.5 Å². The van der Waals surface area contributed by atoms with Gasteiger partial charge in [0.2, 0.25) is 0 Å². The van der Waals surface area contributed by atoms with Crippen LogP contribution in [0.1, 0.15) is 11.1 Å². The maximum absolute atomic E-state index is 12.8. The topological polar surface area (TPSA) is 0 Å². The van der Waals surface area contributed by atoms with Crippen molar-refractivity contribution < 1.29 is 4.39 Å². The predicted octanol–water partition coefficient (Wildman–Crippen LogP) is 3.80. The smallest absolute Gasteiger partial charge is 0.131 e. The summed E-state index contributed by atoms with van der Waals surface area (Å²) in [7, 11) is 0. The van der Waals surface area contributed by atoms with Crippen LogP contribution in [0.15, 0.2) is 48.5 Å². The van der Waals surface area contributed by atoms with Crippen LogP contribution in [0.2, 0.25) is 0 Å². The van der Waals surface area contributed by atoms with Crippen LogP contribution in [0.3, 0.4) is 0 Å². The van der Waals surface area contributed by atoms with Crippen molar-refractivity contribution in [3.63, 3.8) is 0 Å². The Hall–Kier alpha value is -1.89.